The number of hydrogen-bond acceptors (Lipinski definition) is 2. The van der Waals surface area contributed by atoms with Crippen molar-refractivity contribution in [3.8, 4) is 11.5 Å². The van der Waals surface area contributed by atoms with Crippen LogP contribution in [-0.4, -0.2) is 13.7 Å². The normalized spacial score (nSPS) is 12.3. The lowest BCUT2D eigenvalue weighted by Gasteiger charge is -2.16. The Morgan fingerprint density at radius 2 is 1.57 bits per heavy atom. The molecule has 2 rings (SSSR count). The maximum Gasteiger partial charge on any atom is 0.161 e. The molecule has 0 aliphatic carbocycles. The van der Waals surface area contributed by atoms with Crippen LogP contribution in [0.3, 0.4) is 0 Å². The van der Waals surface area contributed by atoms with Gasteiger partial charge < -0.3 is 9.47 Å². The van der Waals surface area contributed by atoms with Crippen molar-refractivity contribution in [3.63, 3.8) is 0 Å². The van der Waals surface area contributed by atoms with Crippen LogP contribution in [0, 0.1) is 0 Å². The van der Waals surface area contributed by atoms with Crippen molar-refractivity contribution in [2.75, 3.05) is 13.7 Å². The summed E-state index contributed by atoms with van der Waals surface area (Å²) in [4.78, 5) is 0. The molecule has 0 bridgehead atoms. The van der Waals surface area contributed by atoms with Crippen LogP contribution in [0.5, 0.6) is 11.5 Å². The quantitative estimate of drug-likeness (QED) is 0.615. The summed E-state index contributed by atoms with van der Waals surface area (Å²) in [5.74, 6) is 2.50. The molecule has 0 N–H and O–H groups in total. The van der Waals surface area contributed by atoms with E-state index in [0.717, 1.165) is 22.9 Å². The van der Waals surface area contributed by atoms with Crippen molar-refractivity contribution in [2.24, 2.45) is 0 Å². The van der Waals surface area contributed by atoms with Crippen molar-refractivity contribution in [1.29, 1.82) is 0 Å². The van der Waals surface area contributed by atoms with Crippen molar-refractivity contribution >= 4 is 11.6 Å². The van der Waals surface area contributed by atoms with E-state index in [1.54, 1.807) is 7.11 Å². The third-order valence-corrected chi connectivity index (χ3v) is 4.35. The highest BCUT2D eigenvalue weighted by atomic mass is 35.5. The van der Waals surface area contributed by atoms with E-state index in [1.165, 1.54) is 11.1 Å². The molecular weight excluding hydrogens is 308 g/mol. The maximum atomic E-state index is 5.98. The number of benzene rings is 2. The van der Waals surface area contributed by atoms with Gasteiger partial charge in [-0.25, -0.2) is 0 Å². The molecule has 1 atom stereocenters. The standard InChI is InChI=1S/C20H25ClO2/c1-14(2)17-7-10-19(22-4)20(13-17)23-12-11-15(3)16-5-8-18(21)9-6-16/h5-10,13-15H,11-12H2,1-4H3. The molecule has 0 saturated carbocycles. The smallest absolute Gasteiger partial charge is 0.161 e. The first-order valence-electron chi connectivity index (χ1n) is 8.07. The zero-order valence-corrected chi connectivity index (χ0v) is 15.1. The summed E-state index contributed by atoms with van der Waals surface area (Å²) in [6.45, 7) is 7.21. The van der Waals surface area contributed by atoms with Crippen LogP contribution in [0.2, 0.25) is 5.02 Å². The molecule has 0 amide bonds. The maximum absolute atomic E-state index is 5.98. The minimum absolute atomic E-state index is 0.423. The van der Waals surface area contributed by atoms with Crippen LogP contribution in [0.15, 0.2) is 42.5 Å². The van der Waals surface area contributed by atoms with Gasteiger partial charge >= 0.3 is 0 Å². The van der Waals surface area contributed by atoms with Gasteiger partial charge in [-0.3, -0.25) is 0 Å². The predicted molar refractivity (Wildman–Crippen MR) is 97.1 cm³/mol. The molecule has 0 heterocycles. The highest BCUT2D eigenvalue weighted by molar-refractivity contribution is 6.30. The molecule has 2 aromatic rings. The van der Waals surface area contributed by atoms with E-state index in [1.807, 2.05) is 18.2 Å². The summed E-state index contributed by atoms with van der Waals surface area (Å²) in [7, 11) is 1.67. The lowest BCUT2D eigenvalue weighted by Crippen LogP contribution is -2.04. The monoisotopic (exact) mass is 332 g/mol. The fraction of sp³-hybridized carbons (Fsp3) is 0.400. The molecular formula is C20H25ClO2. The van der Waals surface area contributed by atoms with Crippen LogP contribution in [-0.2, 0) is 0 Å². The van der Waals surface area contributed by atoms with E-state index >= 15 is 0 Å². The van der Waals surface area contributed by atoms with Gasteiger partial charge in [0.1, 0.15) is 0 Å². The topological polar surface area (TPSA) is 18.5 Å². The highest BCUT2D eigenvalue weighted by Crippen LogP contribution is 2.31. The third-order valence-electron chi connectivity index (χ3n) is 4.10. The Bertz CT molecular complexity index is 620. The second-order valence-electron chi connectivity index (χ2n) is 6.15. The van der Waals surface area contributed by atoms with Crippen molar-refractivity contribution in [2.45, 2.75) is 39.0 Å². The van der Waals surface area contributed by atoms with Crippen molar-refractivity contribution in [1.82, 2.24) is 0 Å². The highest BCUT2D eigenvalue weighted by Gasteiger charge is 2.10. The Morgan fingerprint density at radius 3 is 2.17 bits per heavy atom. The minimum atomic E-state index is 0.423. The van der Waals surface area contributed by atoms with Gasteiger partial charge in [0.15, 0.2) is 11.5 Å². The largest absolute Gasteiger partial charge is 0.493 e. The molecule has 23 heavy (non-hydrogen) atoms. The zero-order chi connectivity index (χ0) is 16.8. The first kappa shape index (κ1) is 17.7. The first-order chi connectivity index (χ1) is 11.0. The van der Waals surface area contributed by atoms with Gasteiger partial charge in [-0.05, 0) is 53.6 Å². The second kappa shape index (κ2) is 8.26. The molecule has 0 aliphatic heterocycles. The fourth-order valence-electron chi connectivity index (χ4n) is 2.47. The minimum Gasteiger partial charge on any atom is -0.493 e. The van der Waals surface area contributed by atoms with Gasteiger partial charge in [0.05, 0.1) is 13.7 Å². The van der Waals surface area contributed by atoms with Crippen LogP contribution in [0.4, 0.5) is 0 Å². The summed E-state index contributed by atoms with van der Waals surface area (Å²) in [6.07, 6.45) is 0.941. The average Bonchev–Trinajstić information content (AvgIpc) is 2.55. The Hall–Kier alpha value is -1.67. The molecule has 0 fully saturated rings. The van der Waals surface area contributed by atoms with Gasteiger partial charge in [-0.15, -0.1) is 0 Å². The Balaban J connectivity index is 1.97. The van der Waals surface area contributed by atoms with Crippen LogP contribution < -0.4 is 9.47 Å². The molecule has 2 aromatic carbocycles. The number of methoxy groups -OCH3 is 1. The van der Waals surface area contributed by atoms with Gasteiger partial charge in [0, 0.05) is 5.02 Å². The summed E-state index contributed by atoms with van der Waals surface area (Å²) < 4.78 is 11.4. The van der Waals surface area contributed by atoms with Crippen LogP contribution in [0.1, 0.15) is 50.2 Å². The Morgan fingerprint density at radius 1 is 0.913 bits per heavy atom. The van der Waals surface area contributed by atoms with E-state index < -0.39 is 0 Å². The predicted octanol–water partition coefficient (Wildman–Crippen LogP) is 6.04. The van der Waals surface area contributed by atoms with E-state index in [-0.39, 0.29) is 0 Å². The van der Waals surface area contributed by atoms with Gasteiger partial charge in [0.2, 0.25) is 0 Å². The molecule has 0 radical (unpaired) electrons. The van der Waals surface area contributed by atoms with Crippen molar-refractivity contribution < 1.29 is 9.47 Å². The van der Waals surface area contributed by atoms with Gasteiger partial charge in [-0.2, -0.15) is 0 Å². The lowest BCUT2D eigenvalue weighted by atomic mass is 9.98. The van der Waals surface area contributed by atoms with E-state index in [0.29, 0.717) is 18.4 Å². The Kier molecular flexibility index (Phi) is 6.35. The molecule has 3 heteroatoms. The summed E-state index contributed by atoms with van der Waals surface area (Å²) >= 11 is 5.94. The molecule has 2 nitrogen and oxygen atoms in total. The number of halogens is 1. The van der Waals surface area contributed by atoms with Crippen LogP contribution in [0.25, 0.3) is 0 Å². The van der Waals surface area contributed by atoms with Crippen molar-refractivity contribution in [3.05, 3.63) is 58.6 Å². The number of rotatable bonds is 7. The molecule has 0 saturated heterocycles. The van der Waals surface area contributed by atoms with E-state index in [2.05, 4.69) is 45.0 Å². The van der Waals surface area contributed by atoms with Crippen LogP contribution >= 0.6 is 11.6 Å². The summed E-state index contributed by atoms with van der Waals surface area (Å²) in [5, 5.41) is 0.771. The summed E-state index contributed by atoms with van der Waals surface area (Å²) in [5.41, 5.74) is 2.53. The first-order valence-corrected chi connectivity index (χ1v) is 8.45. The van der Waals surface area contributed by atoms with Gasteiger partial charge in [0.25, 0.3) is 0 Å². The van der Waals surface area contributed by atoms with E-state index in [4.69, 9.17) is 21.1 Å². The Labute approximate surface area is 144 Å². The molecule has 0 spiro atoms. The van der Waals surface area contributed by atoms with E-state index in [9.17, 15) is 0 Å². The second-order valence-corrected chi connectivity index (χ2v) is 6.59. The molecule has 0 aliphatic rings. The molecule has 0 aromatic heterocycles. The third kappa shape index (κ3) is 4.90. The summed E-state index contributed by atoms with van der Waals surface area (Å²) in [6, 6.07) is 14.2. The molecule has 1 unspecified atom stereocenters. The number of hydrogen-bond donors (Lipinski definition) is 0. The SMILES string of the molecule is COc1ccc(C(C)C)cc1OCCC(C)c1ccc(Cl)cc1. The average molecular weight is 333 g/mol. The lowest BCUT2D eigenvalue weighted by molar-refractivity contribution is 0.281. The number of ether oxygens (including phenoxy) is 2. The zero-order valence-electron chi connectivity index (χ0n) is 14.3. The fourth-order valence-corrected chi connectivity index (χ4v) is 2.59. The molecule has 124 valence electrons. The van der Waals surface area contributed by atoms with Gasteiger partial charge in [-0.1, -0.05) is 50.6 Å².